The minimum atomic E-state index is -0.630. The number of carboxylic acid groups (broad SMARTS) is 1. The molecule has 2 nitrogen and oxygen atoms in total. The van der Waals surface area contributed by atoms with Crippen molar-refractivity contribution in [2.75, 3.05) is 0 Å². The van der Waals surface area contributed by atoms with E-state index in [-0.39, 0.29) is 37.7 Å². The number of hydrogen-bond acceptors (Lipinski definition) is 1. The first-order chi connectivity index (χ1) is 5.72. The quantitative estimate of drug-likeness (QED) is 0.726. The molecule has 1 fully saturated rings. The first-order valence-corrected chi connectivity index (χ1v) is 4.94. The molecule has 0 aromatic rings. The number of carbonyl (C=O) groups is 1. The summed E-state index contributed by atoms with van der Waals surface area (Å²) in [5.41, 5.74) is 0. The Morgan fingerprint density at radius 3 is 2.08 bits per heavy atom. The molecule has 0 heterocycles. The van der Waals surface area contributed by atoms with Gasteiger partial charge in [-0.1, -0.05) is 26.2 Å². The largest absolute Gasteiger partial charge is 0.481 e. The predicted octanol–water partition coefficient (Wildman–Crippen LogP) is 2.30. The van der Waals surface area contributed by atoms with Crippen LogP contribution in [-0.2, 0) is 4.79 Å². The SMILES string of the molecule is CCC1CCC(CC(=O)O)CC1.[Ca]. The molecule has 0 spiro atoms. The van der Waals surface area contributed by atoms with Crippen LogP contribution in [0.5, 0.6) is 0 Å². The molecule has 3 heteroatoms. The van der Waals surface area contributed by atoms with Gasteiger partial charge < -0.3 is 5.11 Å². The van der Waals surface area contributed by atoms with Gasteiger partial charge in [0, 0.05) is 44.2 Å². The molecule has 1 aliphatic carbocycles. The maximum absolute atomic E-state index is 10.4. The molecule has 2 radical (unpaired) electrons. The van der Waals surface area contributed by atoms with Crippen molar-refractivity contribution in [3.63, 3.8) is 0 Å². The van der Waals surface area contributed by atoms with E-state index in [9.17, 15) is 4.79 Å². The molecule has 0 aromatic heterocycles. The van der Waals surface area contributed by atoms with E-state index in [2.05, 4.69) is 6.92 Å². The van der Waals surface area contributed by atoms with Crippen molar-refractivity contribution < 1.29 is 9.90 Å². The Bertz CT molecular complexity index is 151. The van der Waals surface area contributed by atoms with Crippen LogP contribution in [-0.4, -0.2) is 48.8 Å². The molecule has 0 saturated heterocycles. The van der Waals surface area contributed by atoms with Gasteiger partial charge in [-0.05, 0) is 24.7 Å². The van der Waals surface area contributed by atoms with E-state index in [1.165, 1.54) is 19.3 Å². The van der Waals surface area contributed by atoms with Crippen LogP contribution in [0.3, 0.4) is 0 Å². The monoisotopic (exact) mass is 210 g/mol. The van der Waals surface area contributed by atoms with Crippen molar-refractivity contribution in [2.45, 2.75) is 45.4 Å². The minimum Gasteiger partial charge on any atom is -0.481 e. The molecule has 13 heavy (non-hydrogen) atoms. The molecule has 1 aliphatic rings. The number of aliphatic carboxylic acids is 1. The van der Waals surface area contributed by atoms with Crippen LogP contribution in [0.15, 0.2) is 0 Å². The van der Waals surface area contributed by atoms with Gasteiger partial charge in [0.15, 0.2) is 0 Å². The summed E-state index contributed by atoms with van der Waals surface area (Å²) < 4.78 is 0. The Morgan fingerprint density at radius 2 is 1.69 bits per heavy atom. The summed E-state index contributed by atoms with van der Waals surface area (Å²) in [7, 11) is 0. The molecule has 0 bridgehead atoms. The zero-order chi connectivity index (χ0) is 8.97. The van der Waals surface area contributed by atoms with Gasteiger partial charge in [-0.25, -0.2) is 0 Å². The summed E-state index contributed by atoms with van der Waals surface area (Å²) in [6.07, 6.45) is 6.40. The second-order valence-electron chi connectivity index (χ2n) is 3.89. The van der Waals surface area contributed by atoms with Gasteiger partial charge in [0.2, 0.25) is 0 Å². The van der Waals surface area contributed by atoms with Crippen molar-refractivity contribution in [2.24, 2.45) is 11.8 Å². The number of carboxylic acids is 1. The van der Waals surface area contributed by atoms with Crippen LogP contribution in [0.1, 0.15) is 45.4 Å². The average Bonchev–Trinajstić information content (AvgIpc) is 2.05. The van der Waals surface area contributed by atoms with Crippen molar-refractivity contribution in [1.29, 1.82) is 0 Å². The maximum atomic E-state index is 10.4. The Kier molecular flexibility index (Phi) is 7.48. The van der Waals surface area contributed by atoms with Crippen LogP contribution in [0, 0.1) is 11.8 Å². The fourth-order valence-corrected chi connectivity index (χ4v) is 2.09. The van der Waals surface area contributed by atoms with Gasteiger partial charge in [-0.2, -0.15) is 0 Å². The van der Waals surface area contributed by atoms with Gasteiger partial charge in [-0.3, -0.25) is 4.79 Å². The van der Waals surface area contributed by atoms with E-state index in [4.69, 9.17) is 5.11 Å². The summed E-state index contributed by atoms with van der Waals surface area (Å²) in [4.78, 5) is 10.4. The molecule has 0 aromatic carbocycles. The first-order valence-electron chi connectivity index (χ1n) is 4.94. The summed E-state index contributed by atoms with van der Waals surface area (Å²) in [6.45, 7) is 2.22. The van der Waals surface area contributed by atoms with Crippen LogP contribution < -0.4 is 0 Å². The topological polar surface area (TPSA) is 37.3 Å². The molecular formula is C10H18CaO2. The standard InChI is InChI=1S/C10H18O2.Ca/c1-2-8-3-5-9(6-4-8)7-10(11)12;/h8-9H,2-7H2,1H3,(H,11,12);. The van der Waals surface area contributed by atoms with Crippen molar-refractivity contribution in [1.82, 2.24) is 0 Å². The summed E-state index contributed by atoms with van der Waals surface area (Å²) >= 11 is 0. The minimum absolute atomic E-state index is 0. The molecular weight excluding hydrogens is 192 g/mol. The fourth-order valence-electron chi connectivity index (χ4n) is 2.09. The van der Waals surface area contributed by atoms with Crippen molar-refractivity contribution >= 4 is 43.7 Å². The third-order valence-electron chi connectivity index (χ3n) is 3.01. The number of rotatable bonds is 3. The van der Waals surface area contributed by atoms with Crippen LogP contribution in [0.25, 0.3) is 0 Å². The third-order valence-corrected chi connectivity index (χ3v) is 3.01. The van der Waals surface area contributed by atoms with Gasteiger partial charge in [0.05, 0.1) is 0 Å². The molecule has 72 valence electrons. The zero-order valence-corrected chi connectivity index (χ0v) is 10.7. The summed E-state index contributed by atoms with van der Waals surface area (Å²) in [5, 5.41) is 8.59. The van der Waals surface area contributed by atoms with Gasteiger partial charge in [0.25, 0.3) is 0 Å². The van der Waals surface area contributed by atoms with Crippen LogP contribution in [0.4, 0.5) is 0 Å². The Labute approximate surface area is 110 Å². The summed E-state index contributed by atoms with van der Waals surface area (Å²) in [5.74, 6) is 0.704. The molecule has 0 unspecified atom stereocenters. The van der Waals surface area contributed by atoms with Gasteiger partial charge in [0.1, 0.15) is 0 Å². The predicted molar refractivity (Wildman–Crippen MR) is 53.7 cm³/mol. The molecule has 1 saturated carbocycles. The van der Waals surface area contributed by atoms with E-state index in [1.54, 1.807) is 0 Å². The first kappa shape index (κ1) is 13.7. The molecule has 1 N–H and O–H groups in total. The molecule has 0 aliphatic heterocycles. The Hall–Kier alpha value is 0.730. The van der Waals surface area contributed by atoms with Crippen molar-refractivity contribution in [3.05, 3.63) is 0 Å². The van der Waals surface area contributed by atoms with E-state index in [0.29, 0.717) is 12.3 Å². The Balaban J connectivity index is 0.00000144. The maximum Gasteiger partial charge on any atom is 0.303 e. The second kappa shape index (κ2) is 7.08. The molecule has 0 atom stereocenters. The Morgan fingerprint density at radius 1 is 1.23 bits per heavy atom. The second-order valence-corrected chi connectivity index (χ2v) is 3.89. The number of hydrogen-bond donors (Lipinski definition) is 1. The van der Waals surface area contributed by atoms with E-state index < -0.39 is 5.97 Å². The van der Waals surface area contributed by atoms with E-state index in [1.807, 2.05) is 0 Å². The van der Waals surface area contributed by atoms with Crippen molar-refractivity contribution in [3.8, 4) is 0 Å². The summed E-state index contributed by atoms with van der Waals surface area (Å²) in [6, 6.07) is 0. The smallest absolute Gasteiger partial charge is 0.303 e. The van der Waals surface area contributed by atoms with Gasteiger partial charge in [-0.15, -0.1) is 0 Å². The average molecular weight is 210 g/mol. The van der Waals surface area contributed by atoms with Crippen LogP contribution >= 0.6 is 0 Å². The van der Waals surface area contributed by atoms with E-state index in [0.717, 1.165) is 18.8 Å². The van der Waals surface area contributed by atoms with E-state index >= 15 is 0 Å². The molecule has 1 rings (SSSR count). The normalized spacial score (nSPS) is 27.8. The fraction of sp³-hybridized carbons (Fsp3) is 0.900. The third kappa shape index (κ3) is 5.24. The van der Waals surface area contributed by atoms with Gasteiger partial charge >= 0.3 is 5.97 Å². The molecule has 0 amide bonds. The van der Waals surface area contributed by atoms with Crippen LogP contribution in [0.2, 0.25) is 0 Å². The zero-order valence-electron chi connectivity index (χ0n) is 8.46.